The largest absolute Gasteiger partial charge is 0.455 e. The van der Waals surface area contributed by atoms with Crippen LogP contribution >= 0.6 is 0 Å². The second kappa shape index (κ2) is 9.86. The molecule has 1 heterocycles. The van der Waals surface area contributed by atoms with Gasteiger partial charge in [0.25, 0.3) is 11.8 Å². The van der Waals surface area contributed by atoms with Crippen LogP contribution in [-0.2, 0) is 6.42 Å². The topological polar surface area (TPSA) is 83.7 Å². The van der Waals surface area contributed by atoms with E-state index in [0.29, 0.717) is 17.7 Å². The van der Waals surface area contributed by atoms with Gasteiger partial charge in [0.1, 0.15) is 5.76 Å². The zero-order valence-electron chi connectivity index (χ0n) is 19.3. The first-order valence-electron chi connectivity index (χ1n) is 11.4. The molecule has 6 nitrogen and oxygen atoms in total. The average molecular weight is 444 g/mol. The highest BCUT2D eigenvalue weighted by Gasteiger charge is 2.28. The van der Waals surface area contributed by atoms with Crippen LogP contribution in [0.25, 0.3) is 11.1 Å². The van der Waals surface area contributed by atoms with Crippen LogP contribution in [0.1, 0.15) is 70.9 Å². The van der Waals surface area contributed by atoms with Crippen LogP contribution < -0.4 is 10.7 Å². The van der Waals surface area contributed by atoms with E-state index in [-0.39, 0.29) is 17.9 Å². The lowest BCUT2D eigenvalue weighted by Crippen LogP contribution is -2.32. The molecule has 1 aromatic heterocycles. The molecule has 0 saturated carbocycles. The molecule has 1 aliphatic rings. The Balaban J connectivity index is 1.50. The summed E-state index contributed by atoms with van der Waals surface area (Å²) in [6.45, 7) is 5.86. The molecular formula is C27H29N3O3. The minimum absolute atomic E-state index is 0.0692. The van der Waals surface area contributed by atoms with E-state index in [1.165, 1.54) is 0 Å². The first kappa shape index (κ1) is 22.5. The molecule has 1 atom stereocenters. The summed E-state index contributed by atoms with van der Waals surface area (Å²) in [4.78, 5) is 25.3. The molecule has 0 spiro atoms. The third kappa shape index (κ3) is 4.90. The molecule has 170 valence electrons. The van der Waals surface area contributed by atoms with Crippen LogP contribution in [-0.4, -0.2) is 23.6 Å². The fraction of sp³-hybridized carbons (Fsp3) is 0.296. The maximum Gasteiger partial charge on any atom is 0.287 e. The first-order chi connectivity index (χ1) is 16.0. The first-order valence-corrected chi connectivity index (χ1v) is 11.4. The minimum atomic E-state index is -0.273. The van der Waals surface area contributed by atoms with Crippen molar-refractivity contribution in [3.05, 3.63) is 82.8 Å². The Kier molecular flexibility index (Phi) is 6.73. The number of aryl methyl sites for hydroxylation is 1. The van der Waals surface area contributed by atoms with E-state index in [0.717, 1.165) is 53.0 Å². The molecule has 6 heteroatoms. The third-order valence-corrected chi connectivity index (χ3v) is 6.07. The molecule has 1 aliphatic carbocycles. The Morgan fingerprint density at radius 2 is 1.70 bits per heavy atom. The van der Waals surface area contributed by atoms with Crippen molar-refractivity contribution in [2.75, 3.05) is 0 Å². The average Bonchev–Trinajstić information content (AvgIpc) is 3.20. The van der Waals surface area contributed by atoms with Gasteiger partial charge in [0.2, 0.25) is 0 Å². The van der Waals surface area contributed by atoms with E-state index >= 15 is 0 Å². The Morgan fingerprint density at radius 1 is 1.00 bits per heavy atom. The van der Waals surface area contributed by atoms with Gasteiger partial charge in [-0.3, -0.25) is 9.59 Å². The second-order valence-corrected chi connectivity index (χ2v) is 8.43. The highest BCUT2D eigenvalue weighted by molar-refractivity contribution is 6.07. The molecular weight excluding hydrogens is 414 g/mol. The molecule has 0 aliphatic heterocycles. The Morgan fingerprint density at radius 3 is 2.39 bits per heavy atom. The summed E-state index contributed by atoms with van der Waals surface area (Å²) in [6, 6.07) is 17.5. The van der Waals surface area contributed by atoms with Gasteiger partial charge in [-0.15, -0.1) is 0 Å². The number of hydrogen-bond acceptors (Lipinski definition) is 4. The molecule has 0 saturated heterocycles. The smallest absolute Gasteiger partial charge is 0.287 e. The highest BCUT2D eigenvalue weighted by Crippen LogP contribution is 2.30. The van der Waals surface area contributed by atoms with Crippen molar-refractivity contribution in [3.63, 3.8) is 0 Å². The van der Waals surface area contributed by atoms with Gasteiger partial charge in [-0.25, -0.2) is 5.43 Å². The molecule has 2 amide bonds. The van der Waals surface area contributed by atoms with E-state index in [4.69, 9.17) is 4.42 Å². The molecule has 2 N–H and O–H groups in total. The van der Waals surface area contributed by atoms with Crippen molar-refractivity contribution >= 4 is 17.5 Å². The summed E-state index contributed by atoms with van der Waals surface area (Å²) in [7, 11) is 0. The number of carbonyl (C=O) groups is 2. The predicted molar refractivity (Wildman–Crippen MR) is 129 cm³/mol. The van der Waals surface area contributed by atoms with Crippen molar-refractivity contribution in [1.29, 1.82) is 0 Å². The molecule has 0 radical (unpaired) electrons. The summed E-state index contributed by atoms with van der Waals surface area (Å²) < 4.78 is 5.92. The predicted octanol–water partition coefficient (Wildman–Crippen LogP) is 5.25. The third-order valence-electron chi connectivity index (χ3n) is 6.07. The zero-order chi connectivity index (χ0) is 23.4. The number of hydrogen-bond donors (Lipinski definition) is 2. The van der Waals surface area contributed by atoms with Crippen molar-refractivity contribution in [2.45, 2.75) is 52.5 Å². The van der Waals surface area contributed by atoms with Gasteiger partial charge >= 0.3 is 0 Å². The lowest BCUT2D eigenvalue weighted by molar-refractivity contribution is 0.0907. The summed E-state index contributed by atoms with van der Waals surface area (Å²) >= 11 is 0. The van der Waals surface area contributed by atoms with Crippen molar-refractivity contribution < 1.29 is 14.0 Å². The van der Waals surface area contributed by atoms with E-state index < -0.39 is 0 Å². The quantitative estimate of drug-likeness (QED) is 0.510. The number of hydrazone groups is 1. The number of carbonyl (C=O) groups excluding carboxylic acids is 2. The van der Waals surface area contributed by atoms with Crippen LogP contribution in [0, 0.1) is 6.92 Å². The van der Waals surface area contributed by atoms with Gasteiger partial charge in [0.15, 0.2) is 5.76 Å². The Bertz CT molecular complexity index is 1180. The maximum absolute atomic E-state index is 12.7. The van der Waals surface area contributed by atoms with E-state index in [1.54, 1.807) is 12.1 Å². The summed E-state index contributed by atoms with van der Waals surface area (Å²) in [5.74, 6) is 0.606. The fourth-order valence-electron chi connectivity index (χ4n) is 4.02. The van der Waals surface area contributed by atoms with Crippen LogP contribution in [0.2, 0.25) is 0 Å². The lowest BCUT2D eigenvalue weighted by atomic mass is 9.93. The minimum Gasteiger partial charge on any atom is -0.455 e. The Labute approximate surface area is 194 Å². The molecule has 2 aromatic carbocycles. The maximum atomic E-state index is 12.7. The number of furan rings is 1. The van der Waals surface area contributed by atoms with Crippen LogP contribution in [0.5, 0.6) is 0 Å². The highest BCUT2D eigenvalue weighted by atomic mass is 16.4. The van der Waals surface area contributed by atoms with Gasteiger partial charge < -0.3 is 9.73 Å². The monoisotopic (exact) mass is 443 g/mol. The van der Waals surface area contributed by atoms with Gasteiger partial charge in [0.05, 0.1) is 5.71 Å². The standard InChI is InChI=1S/C27H29N3O3/c1-4-17(2)28-27(32)25-18(3)24-22(11-8-12-23(24)33-25)29-30-26(31)21-15-13-20(14-16-21)19-9-6-5-7-10-19/h5-7,9-10,13-17H,4,8,11-12H2,1-3H3,(H,28,32)(H,30,31)/b29-22+. The van der Waals surface area contributed by atoms with Crippen LogP contribution in [0.3, 0.4) is 0 Å². The molecule has 4 rings (SSSR count). The molecule has 0 bridgehead atoms. The van der Waals surface area contributed by atoms with E-state index in [2.05, 4.69) is 15.8 Å². The fourth-order valence-corrected chi connectivity index (χ4v) is 4.02. The van der Waals surface area contributed by atoms with Crippen molar-refractivity contribution in [2.24, 2.45) is 5.10 Å². The summed E-state index contributed by atoms with van der Waals surface area (Å²) in [6.07, 6.45) is 3.16. The van der Waals surface area contributed by atoms with Crippen LogP contribution in [0.15, 0.2) is 64.1 Å². The summed E-state index contributed by atoms with van der Waals surface area (Å²) in [5.41, 5.74) is 7.72. The van der Waals surface area contributed by atoms with Gasteiger partial charge in [-0.1, -0.05) is 49.4 Å². The summed E-state index contributed by atoms with van der Waals surface area (Å²) in [5, 5.41) is 7.37. The van der Waals surface area contributed by atoms with Gasteiger partial charge in [-0.2, -0.15) is 5.10 Å². The van der Waals surface area contributed by atoms with Crippen LogP contribution in [0.4, 0.5) is 0 Å². The van der Waals surface area contributed by atoms with Crippen molar-refractivity contribution in [1.82, 2.24) is 10.7 Å². The van der Waals surface area contributed by atoms with Crippen molar-refractivity contribution in [3.8, 4) is 11.1 Å². The number of nitrogens with one attached hydrogen (secondary N) is 2. The number of nitrogens with zero attached hydrogens (tertiary/aromatic N) is 1. The molecule has 0 fully saturated rings. The molecule has 3 aromatic rings. The van der Waals surface area contributed by atoms with E-state index in [9.17, 15) is 9.59 Å². The number of benzene rings is 2. The normalized spacial score (nSPS) is 15.1. The number of fused-ring (bicyclic) bond motifs is 1. The van der Waals surface area contributed by atoms with E-state index in [1.807, 2.05) is 63.2 Å². The second-order valence-electron chi connectivity index (χ2n) is 8.43. The molecule has 33 heavy (non-hydrogen) atoms. The number of amides is 2. The number of rotatable bonds is 6. The van der Waals surface area contributed by atoms with Gasteiger partial charge in [-0.05, 0) is 56.4 Å². The SMILES string of the molecule is CCC(C)NC(=O)c1oc2c(c1C)/C(=N/NC(=O)c1ccc(-c3ccccc3)cc1)CCC2. The Hall–Kier alpha value is -3.67. The lowest BCUT2D eigenvalue weighted by Gasteiger charge is -2.13. The molecule has 1 unspecified atom stereocenters. The zero-order valence-corrected chi connectivity index (χ0v) is 19.3. The van der Waals surface area contributed by atoms with Gasteiger partial charge in [0, 0.05) is 29.2 Å².